The van der Waals surface area contributed by atoms with Gasteiger partial charge in [0.15, 0.2) is 17.2 Å². The van der Waals surface area contributed by atoms with Crippen LogP contribution >= 0.6 is 0 Å². The summed E-state index contributed by atoms with van der Waals surface area (Å²) in [5.74, 6) is -0.448. The van der Waals surface area contributed by atoms with Crippen molar-refractivity contribution in [2.75, 3.05) is 5.32 Å². The number of carbonyl (C=O) groups is 1. The molecule has 4 aromatic rings. The highest BCUT2D eigenvalue weighted by atomic mass is 16.4. The Balaban J connectivity index is 1.94. The molecule has 0 aliphatic carbocycles. The Bertz CT molecular complexity index is 1140. The van der Waals surface area contributed by atoms with Crippen molar-refractivity contribution in [2.45, 2.75) is 26.3 Å². The molecular weight excluding hydrogens is 354 g/mol. The summed E-state index contributed by atoms with van der Waals surface area (Å²) in [7, 11) is 0. The van der Waals surface area contributed by atoms with Gasteiger partial charge in [0.1, 0.15) is 11.1 Å². The standard InChI is InChI=1S/C22H21N3O3/c1-3-13(2)17(22(26)27)23-21-19-18(15-11-7-8-12-16(15)28-19)24-20(25-21)14-9-5-4-6-10-14/h4-13,17H,3H2,1-2H3,(H,26,27)(H,23,24,25)/p-1/t13-,17-/m1/s1. The summed E-state index contributed by atoms with van der Waals surface area (Å²) in [6.45, 7) is 3.80. The van der Waals surface area contributed by atoms with Crippen molar-refractivity contribution in [2.24, 2.45) is 5.92 Å². The van der Waals surface area contributed by atoms with Crippen LogP contribution < -0.4 is 10.4 Å². The number of anilines is 1. The Hall–Kier alpha value is -3.41. The maximum absolute atomic E-state index is 11.7. The minimum absolute atomic E-state index is 0.139. The molecule has 0 unspecified atom stereocenters. The third kappa shape index (κ3) is 3.17. The van der Waals surface area contributed by atoms with Gasteiger partial charge in [-0.3, -0.25) is 0 Å². The van der Waals surface area contributed by atoms with Crippen molar-refractivity contribution in [3.63, 3.8) is 0 Å². The van der Waals surface area contributed by atoms with Crippen molar-refractivity contribution in [3.05, 3.63) is 54.6 Å². The molecule has 142 valence electrons. The van der Waals surface area contributed by atoms with E-state index in [2.05, 4.69) is 10.3 Å². The molecule has 0 bridgehead atoms. The van der Waals surface area contributed by atoms with E-state index in [1.54, 1.807) is 0 Å². The smallest absolute Gasteiger partial charge is 0.196 e. The lowest BCUT2D eigenvalue weighted by Crippen LogP contribution is -2.45. The first kappa shape index (κ1) is 18.0. The lowest BCUT2D eigenvalue weighted by Gasteiger charge is -2.25. The van der Waals surface area contributed by atoms with Gasteiger partial charge in [-0.05, 0) is 18.1 Å². The predicted molar refractivity (Wildman–Crippen MR) is 107 cm³/mol. The lowest BCUT2D eigenvalue weighted by molar-refractivity contribution is -0.307. The Morgan fingerprint density at radius 1 is 1.11 bits per heavy atom. The fourth-order valence-corrected chi connectivity index (χ4v) is 3.22. The molecule has 6 nitrogen and oxygen atoms in total. The monoisotopic (exact) mass is 374 g/mol. The van der Waals surface area contributed by atoms with Crippen LogP contribution in [0.4, 0.5) is 5.82 Å². The van der Waals surface area contributed by atoms with Crippen LogP contribution in [0.3, 0.4) is 0 Å². The number of benzene rings is 2. The summed E-state index contributed by atoms with van der Waals surface area (Å²) in [5.41, 5.74) is 2.60. The Morgan fingerprint density at radius 2 is 1.82 bits per heavy atom. The summed E-state index contributed by atoms with van der Waals surface area (Å²) in [6.07, 6.45) is 0.686. The number of hydrogen-bond acceptors (Lipinski definition) is 6. The maximum Gasteiger partial charge on any atom is 0.196 e. The Morgan fingerprint density at radius 3 is 2.54 bits per heavy atom. The van der Waals surface area contributed by atoms with Gasteiger partial charge in [-0.15, -0.1) is 0 Å². The first-order valence-corrected chi connectivity index (χ1v) is 9.30. The van der Waals surface area contributed by atoms with Gasteiger partial charge in [0.2, 0.25) is 0 Å². The molecule has 0 aliphatic heterocycles. The molecular formula is C22H20N3O3-. The number of carboxylic acid groups (broad SMARTS) is 1. The fraction of sp³-hybridized carbons (Fsp3) is 0.227. The van der Waals surface area contributed by atoms with Crippen LogP contribution in [0, 0.1) is 5.92 Å². The Kier molecular flexibility index (Phi) is 4.69. The second-order valence-corrected chi connectivity index (χ2v) is 6.86. The van der Waals surface area contributed by atoms with Crippen LogP contribution in [0.15, 0.2) is 59.0 Å². The molecule has 0 radical (unpaired) electrons. The molecule has 2 aromatic carbocycles. The zero-order chi connectivity index (χ0) is 19.7. The number of carboxylic acids is 1. The van der Waals surface area contributed by atoms with Crippen LogP contribution in [0.1, 0.15) is 20.3 Å². The first-order chi connectivity index (χ1) is 13.6. The number of para-hydroxylation sites is 1. The number of furan rings is 1. The van der Waals surface area contributed by atoms with Crippen molar-refractivity contribution in [1.29, 1.82) is 0 Å². The van der Waals surface area contributed by atoms with Gasteiger partial charge in [0.05, 0.1) is 12.0 Å². The minimum atomic E-state index is -1.17. The van der Waals surface area contributed by atoms with Gasteiger partial charge in [-0.1, -0.05) is 62.7 Å². The van der Waals surface area contributed by atoms with E-state index in [-0.39, 0.29) is 5.92 Å². The highest BCUT2D eigenvalue weighted by molar-refractivity contribution is 6.06. The van der Waals surface area contributed by atoms with E-state index in [1.165, 1.54) is 0 Å². The zero-order valence-corrected chi connectivity index (χ0v) is 15.7. The van der Waals surface area contributed by atoms with E-state index in [0.717, 1.165) is 10.9 Å². The van der Waals surface area contributed by atoms with Crippen LogP contribution in [0.5, 0.6) is 0 Å². The number of fused-ring (bicyclic) bond motifs is 3. The molecule has 2 atom stereocenters. The molecule has 6 heteroatoms. The van der Waals surface area contributed by atoms with Crippen molar-refractivity contribution in [1.82, 2.24) is 9.97 Å². The van der Waals surface area contributed by atoms with Crippen LogP contribution in [-0.4, -0.2) is 22.0 Å². The molecule has 0 amide bonds. The average Bonchev–Trinajstić information content (AvgIpc) is 3.10. The summed E-state index contributed by atoms with van der Waals surface area (Å²) < 4.78 is 5.97. The fourth-order valence-electron chi connectivity index (χ4n) is 3.22. The van der Waals surface area contributed by atoms with Gasteiger partial charge in [-0.2, -0.15) is 0 Å². The van der Waals surface area contributed by atoms with E-state index >= 15 is 0 Å². The molecule has 28 heavy (non-hydrogen) atoms. The average molecular weight is 374 g/mol. The van der Waals surface area contributed by atoms with Crippen molar-refractivity contribution < 1.29 is 14.3 Å². The highest BCUT2D eigenvalue weighted by Gasteiger charge is 2.22. The number of rotatable bonds is 6. The molecule has 0 fully saturated rings. The number of carbonyl (C=O) groups excluding carboxylic acids is 1. The van der Waals surface area contributed by atoms with Gasteiger partial charge in [-0.25, -0.2) is 9.97 Å². The van der Waals surface area contributed by atoms with Crippen LogP contribution in [0.2, 0.25) is 0 Å². The largest absolute Gasteiger partial charge is 0.548 e. The van der Waals surface area contributed by atoms with Gasteiger partial charge in [0.25, 0.3) is 0 Å². The number of aliphatic carboxylic acids is 1. The molecule has 0 spiro atoms. The molecule has 1 N–H and O–H groups in total. The SMILES string of the molecule is CC[C@@H](C)[C@@H](Nc1nc(-c2ccccc2)nc2c1oc1ccccc12)C(=O)[O-]. The van der Waals surface area contributed by atoms with E-state index < -0.39 is 12.0 Å². The third-order valence-electron chi connectivity index (χ3n) is 5.01. The number of nitrogens with zero attached hydrogens (tertiary/aromatic N) is 2. The predicted octanol–water partition coefficient (Wildman–Crippen LogP) is 3.62. The summed E-state index contributed by atoms with van der Waals surface area (Å²) >= 11 is 0. The quantitative estimate of drug-likeness (QED) is 0.554. The van der Waals surface area contributed by atoms with E-state index in [1.807, 2.05) is 68.4 Å². The third-order valence-corrected chi connectivity index (χ3v) is 5.01. The maximum atomic E-state index is 11.7. The molecule has 0 aliphatic rings. The van der Waals surface area contributed by atoms with Crippen molar-refractivity contribution in [3.8, 4) is 11.4 Å². The van der Waals surface area contributed by atoms with Crippen LogP contribution in [0.25, 0.3) is 33.5 Å². The highest BCUT2D eigenvalue weighted by Crippen LogP contribution is 2.33. The lowest BCUT2D eigenvalue weighted by atomic mass is 9.99. The number of nitrogens with one attached hydrogen (secondary N) is 1. The minimum Gasteiger partial charge on any atom is -0.548 e. The second-order valence-electron chi connectivity index (χ2n) is 6.86. The normalized spacial score (nSPS) is 13.5. The van der Waals surface area contributed by atoms with Crippen molar-refractivity contribution >= 4 is 33.9 Å². The molecule has 2 heterocycles. The first-order valence-electron chi connectivity index (χ1n) is 9.30. The van der Waals surface area contributed by atoms with E-state index in [4.69, 9.17) is 9.40 Å². The summed E-state index contributed by atoms with van der Waals surface area (Å²) in [4.78, 5) is 21.0. The number of hydrogen-bond donors (Lipinski definition) is 1. The Labute approximate surface area is 162 Å². The molecule has 4 rings (SSSR count). The summed E-state index contributed by atoms with van der Waals surface area (Å²) in [6, 6.07) is 16.3. The topological polar surface area (TPSA) is 91.1 Å². The van der Waals surface area contributed by atoms with Gasteiger partial charge < -0.3 is 19.6 Å². The zero-order valence-electron chi connectivity index (χ0n) is 15.7. The van der Waals surface area contributed by atoms with E-state index in [0.29, 0.717) is 34.7 Å². The van der Waals surface area contributed by atoms with Crippen LogP contribution in [-0.2, 0) is 4.79 Å². The second kappa shape index (κ2) is 7.31. The molecule has 0 saturated heterocycles. The van der Waals surface area contributed by atoms with E-state index in [9.17, 15) is 9.90 Å². The van der Waals surface area contributed by atoms with Gasteiger partial charge in [0, 0.05) is 10.9 Å². The summed E-state index contributed by atoms with van der Waals surface area (Å²) in [5, 5.41) is 15.6. The number of aromatic nitrogens is 2. The van der Waals surface area contributed by atoms with Gasteiger partial charge >= 0.3 is 0 Å². The molecule has 0 saturated carbocycles. The molecule has 2 aromatic heterocycles.